The first-order valence-corrected chi connectivity index (χ1v) is 6.28. The van der Waals surface area contributed by atoms with Gasteiger partial charge in [-0.1, -0.05) is 6.07 Å². The molecule has 0 saturated carbocycles. The lowest BCUT2D eigenvalue weighted by molar-refractivity contribution is 0.174. The molecule has 0 bridgehead atoms. The highest BCUT2D eigenvalue weighted by atomic mass is 16.7. The summed E-state index contributed by atoms with van der Waals surface area (Å²) in [7, 11) is 0. The molecule has 1 aromatic heterocycles. The van der Waals surface area contributed by atoms with E-state index in [1.165, 1.54) is 0 Å². The van der Waals surface area contributed by atoms with Crippen LogP contribution in [0, 0.1) is 11.3 Å². The normalized spacial score (nSPS) is 13.6. The van der Waals surface area contributed by atoms with E-state index in [1.807, 2.05) is 31.2 Å². The molecule has 1 aromatic carbocycles. The predicted molar refractivity (Wildman–Crippen MR) is 73.6 cm³/mol. The standard InChI is InChI=1S/C15H13N3O2/c1-10(18-15-5-2-11(7-16)8-17-15)12-3-4-13-14(6-12)20-9-19-13/h2-6,8,10H,9H2,1H3,(H,17,18)/t10-/m1/s1. The van der Waals surface area contributed by atoms with Gasteiger partial charge >= 0.3 is 0 Å². The second-order valence-corrected chi connectivity index (χ2v) is 4.52. The highest BCUT2D eigenvalue weighted by Gasteiger charge is 2.15. The average molecular weight is 267 g/mol. The second-order valence-electron chi connectivity index (χ2n) is 4.52. The van der Waals surface area contributed by atoms with E-state index in [0.29, 0.717) is 5.56 Å². The lowest BCUT2D eigenvalue weighted by Crippen LogP contribution is -2.07. The molecular formula is C15H13N3O2. The zero-order chi connectivity index (χ0) is 13.9. The molecule has 5 nitrogen and oxygen atoms in total. The number of fused-ring (bicyclic) bond motifs is 1. The molecule has 100 valence electrons. The Morgan fingerprint density at radius 1 is 1.25 bits per heavy atom. The van der Waals surface area contributed by atoms with Crippen molar-refractivity contribution >= 4 is 5.82 Å². The van der Waals surface area contributed by atoms with Crippen LogP contribution in [0.15, 0.2) is 36.5 Å². The summed E-state index contributed by atoms with van der Waals surface area (Å²) in [5, 5.41) is 12.0. The Hall–Kier alpha value is -2.74. The van der Waals surface area contributed by atoms with Crippen molar-refractivity contribution in [3.63, 3.8) is 0 Å². The molecule has 1 N–H and O–H groups in total. The van der Waals surface area contributed by atoms with Gasteiger partial charge in [-0.3, -0.25) is 0 Å². The molecule has 0 unspecified atom stereocenters. The molecule has 1 aliphatic heterocycles. The topological polar surface area (TPSA) is 67.2 Å². The van der Waals surface area contributed by atoms with Gasteiger partial charge in [0.05, 0.1) is 11.6 Å². The molecule has 0 spiro atoms. The Labute approximate surface area is 116 Å². The first kappa shape index (κ1) is 12.3. The lowest BCUT2D eigenvalue weighted by atomic mass is 10.1. The Kier molecular flexibility index (Phi) is 3.13. The highest BCUT2D eigenvalue weighted by Crippen LogP contribution is 2.34. The quantitative estimate of drug-likeness (QED) is 0.926. The molecule has 20 heavy (non-hydrogen) atoms. The maximum absolute atomic E-state index is 8.74. The molecule has 0 amide bonds. The van der Waals surface area contributed by atoms with Crippen molar-refractivity contribution in [2.45, 2.75) is 13.0 Å². The van der Waals surface area contributed by atoms with E-state index >= 15 is 0 Å². The van der Waals surface area contributed by atoms with Crippen LogP contribution in [-0.2, 0) is 0 Å². The molecule has 5 heteroatoms. The van der Waals surface area contributed by atoms with Crippen LogP contribution in [0.4, 0.5) is 5.82 Å². The van der Waals surface area contributed by atoms with Gasteiger partial charge in [0, 0.05) is 6.20 Å². The van der Waals surface area contributed by atoms with Crippen LogP contribution in [0.3, 0.4) is 0 Å². The van der Waals surface area contributed by atoms with Gasteiger partial charge in [-0.2, -0.15) is 5.26 Å². The first-order valence-electron chi connectivity index (χ1n) is 6.28. The number of aromatic nitrogens is 1. The Morgan fingerprint density at radius 3 is 2.85 bits per heavy atom. The number of pyridine rings is 1. The third-order valence-corrected chi connectivity index (χ3v) is 3.15. The van der Waals surface area contributed by atoms with E-state index in [1.54, 1.807) is 18.3 Å². The third-order valence-electron chi connectivity index (χ3n) is 3.15. The zero-order valence-corrected chi connectivity index (χ0v) is 11.0. The summed E-state index contributed by atoms with van der Waals surface area (Å²) < 4.78 is 10.7. The lowest BCUT2D eigenvalue weighted by Gasteiger charge is -2.15. The Bertz CT molecular complexity index is 662. The van der Waals surface area contributed by atoms with Gasteiger partial charge in [0.1, 0.15) is 11.9 Å². The van der Waals surface area contributed by atoms with E-state index in [4.69, 9.17) is 14.7 Å². The van der Waals surface area contributed by atoms with E-state index in [-0.39, 0.29) is 12.8 Å². The summed E-state index contributed by atoms with van der Waals surface area (Å²) in [6.07, 6.45) is 1.55. The van der Waals surface area contributed by atoms with E-state index in [9.17, 15) is 0 Å². The predicted octanol–water partition coefficient (Wildman–Crippen LogP) is 2.86. The van der Waals surface area contributed by atoms with Crippen molar-refractivity contribution in [2.24, 2.45) is 0 Å². The van der Waals surface area contributed by atoms with Crippen LogP contribution in [-0.4, -0.2) is 11.8 Å². The van der Waals surface area contributed by atoms with Crippen LogP contribution >= 0.6 is 0 Å². The number of hydrogen-bond acceptors (Lipinski definition) is 5. The summed E-state index contributed by atoms with van der Waals surface area (Å²) >= 11 is 0. The first-order chi connectivity index (χ1) is 9.76. The fourth-order valence-electron chi connectivity index (χ4n) is 2.03. The molecule has 1 atom stereocenters. The maximum Gasteiger partial charge on any atom is 0.231 e. The Morgan fingerprint density at radius 2 is 2.10 bits per heavy atom. The number of benzene rings is 1. The fraction of sp³-hybridized carbons (Fsp3) is 0.200. The van der Waals surface area contributed by atoms with Gasteiger partial charge in [-0.05, 0) is 36.8 Å². The molecular weight excluding hydrogens is 254 g/mol. The van der Waals surface area contributed by atoms with Crippen molar-refractivity contribution in [3.05, 3.63) is 47.7 Å². The van der Waals surface area contributed by atoms with Crippen LogP contribution in [0.25, 0.3) is 0 Å². The summed E-state index contributed by atoms with van der Waals surface area (Å²) in [5.41, 5.74) is 1.63. The van der Waals surface area contributed by atoms with E-state index in [2.05, 4.69) is 10.3 Å². The highest BCUT2D eigenvalue weighted by molar-refractivity contribution is 5.47. The minimum atomic E-state index is 0.0740. The molecule has 0 saturated heterocycles. The Balaban J connectivity index is 1.75. The van der Waals surface area contributed by atoms with Crippen molar-refractivity contribution < 1.29 is 9.47 Å². The molecule has 2 heterocycles. The fourth-order valence-corrected chi connectivity index (χ4v) is 2.03. The zero-order valence-electron chi connectivity index (χ0n) is 11.0. The van der Waals surface area contributed by atoms with Gasteiger partial charge in [0.15, 0.2) is 11.5 Å². The van der Waals surface area contributed by atoms with E-state index in [0.717, 1.165) is 22.9 Å². The minimum absolute atomic E-state index is 0.0740. The SMILES string of the molecule is C[C@@H](Nc1ccc(C#N)cn1)c1ccc2c(c1)OCO2. The monoisotopic (exact) mass is 267 g/mol. The second kappa shape index (κ2) is 5.10. The number of rotatable bonds is 3. The summed E-state index contributed by atoms with van der Waals surface area (Å²) in [5.74, 6) is 2.27. The molecule has 0 aliphatic carbocycles. The van der Waals surface area contributed by atoms with Crippen molar-refractivity contribution in [1.29, 1.82) is 5.26 Å². The van der Waals surface area contributed by atoms with Gasteiger partial charge in [-0.15, -0.1) is 0 Å². The minimum Gasteiger partial charge on any atom is -0.454 e. The van der Waals surface area contributed by atoms with Crippen molar-refractivity contribution in [3.8, 4) is 17.6 Å². The number of nitrogens with zero attached hydrogens (tertiary/aromatic N) is 2. The smallest absolute Gasteiger partial charge is 0.231 e. The largest absolute Gasteiger partial charge is 0.454 e. The van der Waals surface area contributed by atoms with Gasteiger partial charge in [0.25, 0.3) is 0 Å². The number of ether oxygens (including phenoxy) is 2. The van der Waals surface area contributed by atoms with E-state index < -0.39 is 0 Å². The van der Waals surface area contributed by atoms with Crippen molar-refractivity contribution in [1.82, 2.24) is 4.98 Å². The van der Waals surface area contributed by atoms with Crippen LogP contribution in [0.5, 0.6) is 11.5 Å². The molecule has 1 aliphatic rings. The van der Waals surface area contributed by atoms with Crippen LogP contribution in [0.1, 0.15) is 24.1 Å². The van der Waals surface area contributed by atoms with Crippen LogP contribution in [0.2, 0.25) is 0 Å². The van der Waals surface area contributed by atoms with Gasteiger partial charge in [-0.25, -0.2) is 4.98 Å². The van der Waals surface area contributed by atoms with Crippen molar-refractivity contribution in [2.75, 3.05) is 12.1 Å². The number of anilines is 1. The van der Waals surface area contributed by atoms with Crippen LogP contribution < -0.4 is 14.8 Å². The average Bonchev–Trinajstić information content (AvgIpc) is 2.95. The molecule has 0 radical (unpaired) electrons. The number of hydrogen-bond donors (Lipinski definition) is 1. The maximum atomic E-state index is 8.74. The summed E-state index contributed by atoms with van der Waals surface area (Å²) in [4.78, 5) is 4.20. The summed E-state index contributed by atoms with van der Waals surface area (Å²) in [6.45, 7) is 2.31. The summed E-state index contributed by atoms with van der Waals surface area (Å²) in [6, 6.07) is 11.5. The number of nitrogens with one attached hydrogen (secondary N) is 1. The number of nitriles is 1. The molecule has 0 fully saturated rings. The third kappa shape index (κ3) is 2.36. The van der Waals surface area contributed by atoms with Gasteiger partial charge < -0.3 is 14.8 Å². The molecule has 2 aromatic rings. The van der Waals surface area contributed by atoms with Gasteiger partial charge in [0.2, 0.25) is 6.79 Å². The molecule has 3 rings (SSSR count).